The highest BCUT2D eigenvalue weighted by Crippen LogP contribution is 2.23. The molecule has 0 spiro atoms. The van der Waals surface area contributed by atoms with Gasteiger partial charge in [-0.25, -0.2) is 13.6 Å². The standard InChI is InChI=1S/C24H31F2N3O.CH5N.CH2O/c1-19-7-9-20(10-8-19)17-29(22-6-4-5-21(15-22)16-25)23(30)28-13-11-27(12-14-28)18-24(2,3)26;2*1-2/h4-10,15H,11-14,16-18H2,1-3H3;2H2,1H3;1H2. The van der Waals surface area contributed by atoms with Crippen LogP contribution < -0.4 is 10.6 Å². The Hall–Kier alpha value is -2.84. The van der Waals surface area contributed by atoms with Crippen molar-refractivity contribution in [3.63, 3.8) is 0 Å². The topological polar surface area (TPSA) is 69.9 Å². The molecule has 188 valence electrons. The van der Waals surface area contributed by atoms with Gasteiger partial charge in [-0.2, -0.15) is 0 Å². The maximum Gasteiger partial charge on any atom is 0.324 e. The number of aryl methyl sites for hydroxylation is 1. The fraction of sp³-hybridized carbons (Fsp3) is 0.462. The zero-order valence-corrected chi connectivity index (χ0v) is 20.8. The molecule has 1 aliphatic rings. The molecular weight excluding hydrogens is 438 g/mol. The third kappa shape index (κ3) is 9.19. The molecule has 3 rings (SSSR count). The molecule has 0 unspecified atom stereocenters. The van der Waals surface area contributed by atoms with Crippen LogP contribution in [0.1, 0.15) is 30.5 Å². The first-order chi connectivity index (χ1) is 16.2. The van der Waals surface area contributed by atoms with Crippen LogP contribution in [0.2, 0.25) is 0 Å². The van der Waals surface area contributed by atoms with Crippen LogP contribution in [0.25, 0.3) is 0 Å². The lowest BCUT2D eigenvalue weighted by Crippen LogP contribution is -2.54. The second kappa shape index (κ2) is 14.4. The zero-order chi connectivity index (χ0) is 25.7. The summed E-state index contributed by atoms with van der Waals surface area (Å²) in [5, 5.41) is 0. The van der Waals surface area contributed by atoms with Gasteiger partial charge in [0.15, 0.2) is 0 Å². The second-order valence-electron chi connectivity index (χ2n) is 8.64. The lowest BCUT2D eigenvalue weighted by atomic mass is 10.1. The summed E-state index contributed by atoms with van der Waals surface area (Å²) in [6.45, 7) is 9.74. The number of hydrogen-bond donors (Lipinski definition) is 1. The Labute approximate surface area is 202 Å². The van der Waals surface area contributed by atoms with Crippen molar-refractivity contribution < 1.29 is 18.4 Å². The number of piperazine rings is 1. The summed E-state index contributed by atoms with van der Waals surface area (Å²) in [5.41, 5.74) is 6.64. The predicted molar refractivity (Wildman–Crippen MR) is 134 cm³/mol. The van der Waals surface area contributed by atoms with Gasteiger partial charge in [-0.3, -0.25) is 9.80 Å². The molecule has 0 radical (unpaired) electrons. The average molecular weight is 477 g/mol. The number of anilines is 1. The molecule has 1 fully saturated rings. The van der Waals surface area contributed by atoms with Crippen LogP contribution in [0.5, 0.6) is 0 Å². The van der Waals surface area contributed by atoms with E-state index >= 15 is 0 Å². The molecule has 1 heterocycles. The number of nitrogens with two attached hydrogens (primary N) is 1. The van der Waals surface area contributed by atoms with Crippen molar-refractivity contribution in [2.75, 3.05) is 44.7 Å². The van der Waals surface area contributed by atoms with Gasteiger partial charge in [-0.05, 0) is 51.1 Å². The number of rotatable bonds is 6. The highest BCUT2D eigenvalue weighted by Gasteiger charge is 2.29. The van der Waals surface area contributed by atoms with Crippen LogP contribution in [-0.4, -0.2) is 68.1 Å². The van der Waals surface area contributed by atoms with Gasteiger partial charge in [-0.15, -0.1) is 0 Å². The Bertz CT molecular complexity index is 864. The number of carbonyl (C=O) groups is 2. The number of benzene rings is 2. The van der Waals surface area contributed by atoms with Gasteiger partial charge in [-0.1, -0.05) is 42.0 Å². The molecule has 34 heavy (non-hydrogen) atoms. The van der Waals surface area contributed by atoms with Crippen molar-refractivity contribution in [2.45, 2.75) is 39.7 Å². The quantitative estimate of drug-likeness (QED) is 0.673. The molecule has 0 aliphatic carbocycles. The van der Waals surface area contributed by atoms with Crippen LogP contribution in [-0.2, 0) is 18.0 Å². The van der Waals surface area contributed by atoms with Crippen molar-refractivity contribution in [1.82, 2.24) is 9.80 Å². The smallest absolute Gasteiger partial charge is 0.324 e. The minimum Gasteiger partial charge on any atom is -0.333 e. The Morgan fingerprint density at radius 3 is 2.15 bits per heavy atom. The predicted octanol–water partition coefficient (Wildman–Crippen LogP) is 4.35. The van der Waals surface area contributed by atoms with E-state index in [-0.39, 0.29) is 6.03 Å². The highest BCUT2D eigenvalue weighted by molar-refractivity contribution is 5.92. The lowest BCUT2D eigenvalue weighted by Gasteiger charge is -2.39. The van der Waals surface area contributed by atoms with Gasteiger partial charge in [0, 0.05) is 38.4 Å². The molecule has 6 nitrogen and oxygen atoms in total. The SMILES string of the molecule is C=O.CN.Cc1ccc(CN(C(=O)N2CCN(CC(C)(C)F)CC2)c2cccc(CF)c2)cc1. The number of amides is 2. The van der Waals surface area contributed by atoms with E-state index in [2.05, 4.69) is 10.6 Å². The van der Waals surface area contributed by atoms with Crippen LogP contribution in [0.3, 0.4) is 0 Å². The van der Waals surface area contributed by atoms with Crippen molar-refractivity contribution >= 4 is 18.5 Å². The van der Waals surface area contributed by atoms with E-state index in [4.69, 9.17) is 4.79 Å². The molecule has 2 N–H and O–H groups in total. The van der Waals surface area contributed by atoms with Crippen molar-refractivity contribution in [3.05, 3.63) is 65.2 Å². The number of urea groups is 1. The number of alkyl halides is 2. The molecule has 1 aliphatic heterocycles. The second-order valence-corrected chi connectivity index (χ2v) is 8.64. The molecule has 2 aromatic carbocycles. The Morgan fingerprint density at radius 1 is 1.03 bits per heavy atom. The van der Waals surface area contributed by atoms with Gasteiger partial charge in [0.25, 0.3) is 0 Å². The molecule has 2 amide bonds. The minimum atomic E-state index is -1.25. The fourth-order valence-electron chi connectivity index (χ4n) is 3.75. The maximum atomic E-state index is 14.0. The van der Waals surface area contributed by atoms with Crippen molar-refractivity contribution in [1.29, 1.82) is 0 Å². The molecule has 2 aromatic rings. The van der Waals surface area contributed by atoms with E-state index in [1.807, 2.05) is 44.0 Å². The number of hydrogen-bond acceptors (Lipinski definition) is 4. The summed E-state index contributed by atoms with van der Waals surface area (Å²) in [4.78, 5) is 27.0. The Balaban J connectivity index is 0.00000137. The third-order valence-corrected chi connectivity index (χ3v) is 5.31. The van der Waals surface area contributed by atoms with E-state index in [1.54, 1.807) is 41.8 Å². The Morgan fingerprint density at radius 2 is 1.62 bits per heavy atom. The van der Waals surface area contributed by atoms with Gasteiger partial charge < -0.3 is 15.4 Å². The van der Waals surface area contributed by atoms with E-state index < -0.39 is 12.3 Å². The van der Waals surface area contributed by atoms with Crippen molar-refractivity contribution in [3.8, 4) is 0 Å². The summed E-state index contributed by atoms with van der Waals surface area (Å²) in [6.07, 6.45) is 0. The summed E-state index contributed by atoms with van der Waals surface area (Å²) in [6, 6.07) is 15.0. The molecule has 0 bridgehead atoms. The summed E-state index contributed by atoms with van der Waals surface area (Å²) in [7, 11) is 1.50. The van der Waals surface area contributed by atoms with Gasteiger partial charge in [0.1, 0.15) is 19.1 Å². The maximum absolute atomic E-state index is 14.0. The summed E-state index contributed by atoms with van der Waals surface area (Å²) >= 11 is 0. The largest absolute Gasteiger partial charge is 0.333 e. The molecule has 1 saturated heterocycles. The number of carbonyl (C=O) groups excluding carboxylic acids is 2. The lowest BCUT2D eigenvalue weighted by molar-refractivity contribution is -0.0980. The van der Waals surface area contributed by atoms with Gasteiger partial charge in [0.05, 0.1) is 6.54 Å². The fourth-order valence-corrected chi connectivity index (χ4v) is 3.75. The first-order valence-corrected chi connectivity index (χ1v) is 11.3. The summed E-state index contributed by atoms with van der Waals surface area (Å²) in [5.74, 6) is 0. The monoisotopic (exact) mass is 476 g/mol. The van der Waals surface area contributed by atoms with E-state index in [1.165, 1.54) is 7.05 Å². The molecule has 8 heteroatoms. The van der Waals surface area contributed by atoms with Crippen LogP contribution >= 0.6 is 0 Å². The third-order valence-electron chi connectivity index (χ3n) is 5.31. The molecule has 0 atom stereocenters. The van der Waals surface area contributed by atoms with Crippen LogP contribution in [0.15, 0.2) is 48.5 Å². The molecular formula is C26H38F2N4O2. The van der Waals surface area contributed by atoms with Gasteiger partial charge in [0.2, 0.25) is 0 Å². The van der Waals surface area contributed by atoms with E-state index in [0.29, 0.717) is 50.5 Å². The normalized spacial score (nSPS) is 13.8. The van der Waals surface area contributed by atoms with Gasteiger partial charge >= 0.3 is 6.03 Å². The van der Waals surface area contributed by atoms with E-state index in [0.717, 1.165) is 11.1 Å². The first-order valence-electron chi connectivity index (χ1n) is 11.3. The van der Waals surface area contributed by atoms with Crippen LogP contribution in [0, 0.1) is 6.92 Å². The van der Waals surface area contributed by atoms with E-state index in [9.17, 15) is 13.6 Å². The molecule has 0 aromatic heterocycles. The van der Waals surface area contributed by atoms with Crippen molar-refractivity contribution in [2.24, 2.45) is 5.73 Å². The first kappa shape index (κ1) is 29.2. The Kier molecular flexibility index (Phi) is 12.4. The number of halogens is 2. The molecule has 0 saturated carbocycles. The zero-order valence-electron chi connectivity index (χ0n) is 20.8. The number of nitrogens with zero attached hydrogens (tertiary/aromatic N) is 3. The van der Waals surface area contributed by atoms with Crippen LogP contribution in [0.4, 0.5) is 19.3 Å². The minimum absolute atomic E-state index is 0.106. The average Bonchev–Trinajstić information content (AvgIpc) is 2.85. The summed E-state index contributed by atoms with van der Waals surface area (Å²) < 4.78 is 27.2. The highest BCUT2D eigenvalue weighted by atomic mass is 19.1.